The van der Waals surface area contributed by atoms with E-state index in [1.165, 1.54) is 39.5 Å². The van der Waals surface area contributed by atoms with E-state index in [4.69, 9.17) is 24.2 Å². The van der Waals surface area contributed by atoms with Gasteiger partial charge < -0.3 is 29.6 Å². The molecule has 0 spiro atoms. The molecule has 0 aliphatic rings. The fourth-order valence-electron chi connectivity index (χ4n) is 5.02. The van der Waals surface area contributed by atoms with Gasteiger partial charge in [0.25, 0.3) is 11.8 Å². The minimum atomic E-state index is -0.948. The van der Waals surface area contributed by atoms with E-state index in [9.17, 15) is 19.2 Å². The number of nitriles is 2. The van der Waals surface area contributed by atoms with Gasteiger partial charge in [-0.2, -0.15) is 10.5 Å². The number of benzene rings is 4. The molecule has 0 saturated heterocycles. The fraction of sp³-hybridized carbons (Fsp3) is 0.282. The molecule has 0 bridgehead atoms. The Kier molecular flexibility index (Phi) is 12.6. The molecular formula is C39H41FN4O6. The smallest absolute Gasteiger partial charge is 0.255 e. The van der Waals surface area contributed by atoms with Crippen LogP contribution in [0.25, 0.3) is 0 Å². The van der Waals surface area contributed by atoms with E-state index >= 15 is 0 Å². The van der Waals surface area contributed by atoms with Gasteiger partial charge in [-0.1, -0.05) is 12.1 Å². The fourth-order valence-corrected chi connectivity index (χ4v) is 5.02. The summed E-state index contributed by atoms with van der Waals surface area (Å²) in [7, 11) is 6.05. The van der Waals surface area contributed by atoms with Gasteiger partial charge in [0.2, 0.25) is 0 Å². The quantitative estimate of drug-likeness (QED) is 0.172. The van der Waals surface area contributed by atoms with Crippen molar-refractivity contribution in [1.29, 1.82) is 10.5 Å². The summed E-state index contributed by atoms with van der Waals surface area (Å²) < 4.78 is 35.0. The Labute approximate surface area is 292 Å². The summed E-state index contributed by atoms with van der Waals surface area (Å²) in [5.74, 6) is 0.799. The molecule has 260 valence electrons. The summed E-state index contributed by atoms with van der Waals surface area (Å²) in [4.78, 5) is 24.8. The molecule has 2 N–H and O–H groups in total. The first-order valence-electron chi connectivity index (χ1n) is 15.4. The highest BCUT2D eigenvalue weighted by Crippen LogP contribution is 2.31. The molecule has 2 amide bonds. The van der Waals surface area contributed by atoms with Gasteiger partial charge in [-0.25, -0.2) is 4.39 Å². The zero-order valence-corrected chi connectivity index (χ0v) is 29.7. The van der Waals surface area contributed by atoms with Gasteiger partial charge in [0, 0.05) is 28.1 Å². The van der Waals surface area contributed by atoms with Crippen LogP contribution in [0.4, 0.5) is 15.8 Å². The highest BCUT2D eigenvalue weighted by atomic mass is 19.1. The van der Waals surface area contributed by atoms with E-state index < -0.39 is 22.6 Å². The van der Waals surface area contributed by atoms with E-state index in [1.807, 2.05) is 32.9 Å². The monoisotopic (exact) mass is 680 g/mol. The third-order valence-corrected chi connectivity index (χ3v) is 7.91. The summed E-state index contributed by atoms with van der Waals surface area (Å²) in [6.07, 6.45) is 0. The van der Waals surface area contributed by atoms with Gasteiger partial charge in [0.15, 0.2) is 23.0 Å². The van der Waals surface area contributed by atoms with E-state index in [-0.39, 0.29) is 11.5 Å². The first kappa shape index (κ1) is 38.4. The molecule has 4 aromatic rings. The van der Waals surface area contributed by atoms with Crippen LogP contribution in [-0.4, -0.2) is 40.3 Å². The Morgan fingerprint density at radius 3 is 1.38 bits per heavy atom. The number of anilines is 2. The SMILES string of the molecule is COc1ccc(C(=O)Nc2ccc(C(C)(C)C#N)c(C)c2)cc1OC.COc1ccc(C(=O)Nc2ccc(C(C)(C)C#N)c(F)c2)cc1OC. The Morgan fingerprint density at radius 2 is 1.00 bits per heavy atom. The highest BCUT2D eigenvalue weighted by molar-refractivity contribution is 6.05. The number of halogens is 1. The second-order valence-corrected chi connectivity index (χ2v) is 12.2. The minimum Gasteiger partial charge on any atom is -0.493 e. The van der Waals surface area contributed by atoms with Crippen LogP contribution in [-0.2, 0) is 10.8 Å². The number of amides is 2. The number of hydrogen-bond acceptors (Lipinski definition) is 8. The van der Waals surface area contributed by atoms with E-state index in [0.717, 1.165) is 11.1 Å². The van der Waals surface area contributed by atoms with Crippen molar-refractivity contribution in [3.05, 3.63) is 106 Å². The standard InChI is InChI=1S/C20H22N2O3.C19H19FN2O3/c1-13-10-15(7-8-16(13)20(2,3)12-21)22-19(23)14-6-9-17(24-4)18(11-14)25-5;1-19(2,11-21)14-7-6-13(10-15(14)20)22-18(23)12-5-8-16(24-3)17(9-12)25-4/h6-11H,1-5H3,(H,22,23);5-10H,1-4H3,(H,22,23). The molecule has 4 aromatic carbocycles. The molecule has 0 radical (unpaired) electrons. The van der Waals surface area contributed by atoms with Crippen LogP contribution < -0.4 is 29.6 Å². The molecule has 4 rings (SSSR count). The van der Waals surface area contributed by atoms with Crippen molar-refractivity contribution in [2.24, 2.45) is 0 Å². The number of hydrogen-bond donors (Lipinski definition) is 2. The lowest BCUT2D eigenvalue weighted by atomic mass is 9.83. The van der Waals surface area contributed by atoms with Crippen molar-refractivity contribution in [2.45, 2.75) is 45.4 Å². The van der Waals surface area contributed by atoms with Crippen LogP contribution in [0.2, 0.25) is 0 Å². The lowest BCUT2D eigenvalue weighted by molar-refractivity contribution is 0.101. The maximum Gasteiger partial charge on any atom is 0.255 e. The lowest BCUT2D eigenvalue weighted by Crippen LogP contribution is -2.17. The number of rotatable bonds is 10. The zero-order chi connectivity index (χ0) is 37.2. The van der Waals surface area contributed by atoms with Crippen molar-refractivity contribution in [2.75, 3.05) is 39.1 Å². The van der Waals surface area contributed by atoms with Crippen LogP contribution in [0, 0.1) is 35.4 Å². The molecule has 50 heavy (non-hydrogen) atoms. The minimum absolute atomic E-state index is 0.243. The Hall–Kier alpha value is -6.07. The van der Waals surface area contributed by atoms with Gasteiger partial charge in [-0.05, 0) is 106 Å². The molecule has 0 heterocycles. The molecule has 0 aliphatic heterocycles. The van der Waals surface area contributed by atoms with Crippen molar-refractivity contribution >= 4 is 23.2 Å². The third-order valence-electron chi connectivity index (χ3n) is 7.91. The molecule has 0 atom stereocenters. The number of ether oxygens (including phenoxy) is 4. The first-order chi connectivity index (χ1) is 23.6. The van der Waals surface area contributed by atoms with Crippen molar-refractivity contribution in [3.63, 3.8) is 0 Å². The van der Waals surface area contributed by atoms with Gasteiger partial charge in [0.1, 0.15) is 5.82 Å². The topological polar surface area (TPSA) is 143 Å². The molecule has 0 aliphatic carbocycles. The van der Waals surface area contributed by atoms with E-state index in [2.05, 4.69) is 22.8 Å². The van der Waals surface area contributed by atoms with Crippen LogP contribution in [0.1, 0.15) is 65.1 Å². The molecule has 11 heteroatoms. The second kappa shape index (κ2) is 16.4. The summed E-state index contributed by atoms with van der Waals surface area (Å²) in [5.41, 5.74) is 2.45. The predicted octanol–water partition coefficient (Wildman–Crippen LogP) is 7.96. The van der Waals surface area contributed by atoms with Crippen LogP contribution in [0.5, 0.6) is 23.0 Å². The van der Waals surface area contributed by atoms with E-state index in [0.29, 0.717) is 45.5 Å². The van der Waals surface area contributed by atoms with Gasteiger partial charge in [0.05, 0.1) is 51.4 Å². The number of carbonyl (C=O) groups is 2. The van der Waals surface area contributed by atoms with Crippen molar-refractivity contribution in [3.8, 4) is 35.1 Å². The molecular weight excluding hydrogens is 639 g/mol. The Balaban J connectivity index is 0.000000270. The van der Waals surface area contributed by atoms with Gasteiger partial charge in [-0.3, -0.25) is 9.59 Å². The summed E-state index contributed by atoms with van der Waals surface area (Å²) >= 11 is 0. The molecule has 0 fully saturated rings. The van der Waals surface area contributed by atoms with E-state index in [1.54, 1.807) is 63.4 Å². The third kappa shape index (κ3) is 9.09. The largest absolute Gasteiger partial charge is 0.493 e. The lowest BCUT2D eigenvalue weighted by Gasteiger charge is -2.19. The number of nitrogens with zero attached hydrogens (tertiary/aromatic N) is 2. The zero-order valence-electron chi connectivity index (χ0n) is 29.7. The maximum atomic E-state index is 14.3. The Bertz CT molecular complexity index is 1820. The van der Waals surface area contributed by atoms with Crippen LogP contribution >= 0.6 is 0 Å². The molecule has 0 unspecified atom stereocenters. The Morgan fingerprint density at radius 1 is 0.600 bits per heavy atom. The molecule has 0 aromatic heterocycles. The summed E-state index contributed by atoms with van der Waals surface area (Å²) in [5, 5.41) is 23.9. The number of methoxy groups -OCH3 is 4. The average molecular weight is 681 g/mol. The second-order valence-electron chi connectivity index (χ2n) is 12.2. The summed E-state index contributed by atoms with van der Waals surface area (Å²) in [6, 6.07) is 23.9. The highest BCUT2D eigenvalue weighted by Gasteiger charge is 2.24. The predicted molar refractivity (Wildman–Crippen MR) is 190 cm³/mol. The maximum absolute atomic E-state index is 14.3. The molecule has 10 nitrogen and oxygen atoms in total. The average Bonchev–Trinajstić information content (AvgIpc) is 3.10. The van der Waals surface area contributed by atoms with Crippen LogP contribution in [0.15, 0.2) is 72.8 Å². The number of aryl methyl sites for hydroxylation is 1. The normalized spacial score (nSPS) is 10.7. The van der Waals surface area contributed by atoms with Crippen molar-refractivity contribution < 1.29 is 32.9 Å². The number of carbonyl (C=O) groups excluding carboxylic acids is 2. The molecule has 0 saturated carbocycles. The summed E-state index contributed by atoms with van der Waals surface area (Å²) in [6.45, 7) is 8.94. The van der Waals surface area contributed by atoms with Gasteiger partial charge in [-0.15, -0.1) is 0 Å². The number of nitrogens with one attached hydrogen (secondary N) is 2. The first-order valence-corrected chi connectivity index (χ1v) is 15.4. The van der Waals surface area contributed by atoms with Crippen LogP contribution in [0.3, 0.4) is 0 Å². The van der Waals surface area contributed by atoms with Gasteiger partial charge >= 0.3 is 0 Å². The van der Waals surface area contributed by atoms with Crippen molar-refractivity contribution in [1.82, 2.24) is 0 Å².